The van der Waals surface area contributed by atoms with Gasteiger partial charge in [0.15, 0.2) is 0 Å². The molecule has 1 amide bonds. The van der Waals surface area contributed by atoms with Crippen molar-refractivity contribution in [1.29, 1.82) is 0 Å². The number of carbonyl (C=O) groups excluding carboxylic acids is 1. The number of hydrogen-bond donors (Lipinski definition) is 2. The van der Waals surface area contributed by atoms with Gasteiger partial charge in [-0.15, -0.1) is 0 Å². The third-order valence-electron chi connectivity index (χ3n) is 5.78. The van der Waals surface area contributed by atoms with Crippen molar-refractivity contribution in [3.8, 4) is 0 Å². The lowest BCUT2D eigenvalue weighted by atomic mass is 9.93. The molecule has 0 radical (unpaired) electrons. The van der Waals surface area contributed by atoms with Crippen LogP contribution in [0.4, 0.5) is 5.82 Å². The minimum absolute atomic E-state index is 0.0371. The molecule has 7 nitrogen and oxygen atoms in total. The monoisotopic (exact) mass is 360 g/mol. The Kier molecular flexibility index (Phi) is 6.09. The molecule has 0 bridgehead atoms. The summed E-state index contributed by atoms with van der Waals surface area (Å²) in [6, 6.07) is 0.181. The van der Waals surface area contributed by atoms with Gasteiger partial charge >= 0.3 is 0 Å². The summed E-state index contributed by atoms with van der Waals surface area (Å²) in [5.74, 6) is 1.87. The number of aromatic nitrogens is 2. The number of anilines is 1. The Hall–Kier alpha value is -1.73. The fourth-order valence-corrected chi connectivity index (χ4v) is 3.91. The Balaban J connectivity index is 1.71. The summed E-state index contributed by atoms with van der Waals surface area (Å²) >= 11 is 0. The molecular weight excluding hydrogens is 328 g/mol. The van der Waals surface area contributed by atoms with Crippen LogP contribution in [-0.2, 0) is 0 Å². The summed E-state index contributed by atoms with van der Waals surface area (Å²) in [6.07, 6.45) is 4.27. The first-order valence-corrected chi connectivity index (χ1v) is 9.79. The van der Waals surface area contributed by atoms with Crippen LogP contribution >= 0.6 is 0 Å². The zero-order valence-electron chi connectivity index (χ0n) is 16.3. The Labute approximate surface area is 156 Å². The molecule has 2 aliphatic heterocycles. The first kappa shape index (κ1) is 19.0. The Morgan fingerprint density at radius 3 is 2.54 bits per heavy atom. The average molecular weight is 361 g/mol. The van der Waals surface area contributed by atoms with E-state index in [0.29, 0.717) is 11.7 Å². The lowest BCUT2D eigenvalue weighted by molar-refractivity contribution is 0.0674. The number of aryl methyl sites for hydroxylation is 1. The van der Waals surface area contributed by atoms with Gasteiger partial charge in [0.05, 0.1) is 0 Å². The summed E-state index contributed by atoms with van der Waals surface area (Å²) in [6.45, 7) is 8.30. The fraction of sp³-hybridized carbons (Fsp3) is 0.737. The van der Waals surface area contributed by atoms with Crippen LogP contribution in [-0.4, -0.2) is 66.6 Å². The summed E-state index contributed by atoms with van der Waals surface area (Å²) < 4.78 is 0. The number of carbonyl (C=O) groups is 1. The largest absolute Gasteiger partial charge is 0.355 e. The Bertz CT molecular complexity index is 641. The highest BCUT2D eigenvalue weighted by atomic mass is 16.2. The number of likely N-dealkylation sites (tertiary alicyclic amines) is 1. The highest BCUT2D eigenvalue weighted by Crippen LogP contribution is 2.25. The van der Waals surface area contributed by atoms with Gasteiger partial charge in [-0.05, 0) is 59.0 Å². The molecule has 0 saturated carbocycles. The third-order valence-corrected chi connectivity index (χ3v) is 5.78. The third kappa shape index (κ3) is 4.15. The molecule has 2 fully saturated rings. The summed E-state index contributed by atoms with van der Waals surface area (Å²) in [4.78, 5) is 26.2. The Morgan fingerprint density at radius 2 is 1.92 bits per heavy atom. The van der Waals surface area contributed by atoms with Crippen molar-refractivity contribution in [3.63, 3.8) is 0 Å². The molecule has 2 aliphatic rings. The normalized spacial score (nSPS) is 21.5. The van der Waals surface area contributed by atoms with Crippen LogP contribution in [0.1, 0.15) is 47.6 Å². The van der Waals surface area contributed by atoms with Crippen LogP contribution in [0.25, 0.3) is 0 Å². The molecule has 26 heavy (non-hydrogen) atoms. The van der Waals surface area contributed by atoms with Gasteiger partial charge in [-0.25, -0.2) is 9.97 Å². The van der Waals surface area contributed by atoms with Gasteiger partial charge in [0.1, 0.15) is 5.82 Å². The van der Waals surface area contributed by atoms with Crippen molar-refractivity contribution in [2.45, 2.75) is 45.6 Å². The summed E-state index contributed by atoms with van der Waals surface area (Å²) in [5, 5.41) is 3.21. The van der Waals surface area contributed by atoms with Gasteiger partial charge in [-0.1, -0.05) is 0 Å². The van der Waals surface area contributed by atoms with Crippen molar-refractivity contribution in [2.24, 2.45) is 11.7 Å². The van der Waals surface area contributed by atoms with E-state index in [1.165, 1.54) is 6.42 Å². The second-order valence-corrected chi connectivity index (χ2v) is 7.70. The Morgan fingerprint density at radius 1 is 1.19 bits per heavy atom. The second kappa shape index (κ2) is 8.31. The minimum atomic E-state index is -0.0371. The van der Waals surface area contributed by atoms with Gasteiger partial charge < -0.3 is 20.9 Å². The van der Waals surface area contributed by atoms with E-state index >= 15 is 0 Å². The van der Waals surface area contributed by atoms with Crippen LogP contribution in [0.5, 0.6) is 0 Å². The molecule has 7 heteroatoms. The topological polar surface area (TPSA) is 87.4 Å². The smallest absolute Gasteiger partial charge is 0.291 e. The molecule has 144 valence electrons. The number of nitrogens with one attached hydrogen (secondary N) is 1. The average Bonchev–Trinajstić information content (AvgIpc) is 3.08. The van der Waals surface area contributed by atoms with E-state index in [1.54, 1.807) is 0 Å². The van der Waals surface area contributed by atoms with Crippen LogP contribution < -0.4 is 16.0 Å². The standard InChI is InChI=1S/C19H32N6O/c1-13-14(2)22-17(23-18(13)25-11-7-16(20)12-25)19(26)24-9-5-15(6-10-24)4-8-21-3/h15-16,21H,4-12,20H2,1-3H3/t16-/m1/s1. The van der Waals surface area contributed by atoms with E-state index < -0.39 is 0 Å². The molecule has 1 atom stereocenters. The molecule has 3 rings (SSSR count). The van der Waals surface area contributed by atoms with Gasteiger partial charge in [-0.2, -0.15) is 0 Å². The molecule has 0 spiro atoms. The van der Waals surface area contributed by atoms with Crippen molar-refractivity contribution in [3.05, 3.63) is 17.1 Å². The fourth-order valence-electron chi connectivity index (χ4n) is 3.91. The van der Waals surface area contributed by atoms with E-state index in [0.717, 1.165) is 69.1 Å². The molecule has 2 saturated heterocycles. The van der Waals surface area contributed by atoms with Gasteiger partial charge in [0.2, 0.25) is 5.82 Å². The van der Waals surface area contributed by atoms with E-state index in [-0.39, 0.29) is 11.9 Å². The molecule has 0 aliphatic carbocycles. The SMILES string of the molecule is CNCCC1CCN(C(=O)c2nc(C)c(C)c(N3CC[C@@H](N)C3)n2)CC1. The van der Waals surface area contributed by atoms with Crippen molar-refractivity contribution in [2.75, 3.05) is 44.7 Å². The zero-order valence-corrected chi connectivity index (χ0v) is 16.3. The van der Waals surface area contributed by atoms with Crippen LogP contribution in [0, 0.1) is 19.8 Å². The van der Waals surface area contributed by atoms with Crippen molar-refractivity contribution < 1.29 is 4.79 Å². The number of piperidine rings is 1. The number of nitrogens with two attached hydrogens (primary N) is 1. The molecular formula is C19H32N6O. The molecule has 0 unspecified atom stereocenters. The maximum atomic E-state index is 13.0. The number of amides is 1. The van der Waals surface area contributed by atoms with Crippen molar-refractivity contribution >= 4 is 11.7 Å². The second-order valence-electron chi connectivity index (χ2n) is 7.70. The van der Waals surface area contributed by atoms with Crippen LogP contribution in [0.3, 0.4) is 0 Å². The minimum Gasteiger partial charge on any atom is -0.355 e. The van der Waals surface area contributed by atoms with E-state index in [2.05, 4.69) is 20.2 Å². The molecule has 0 aromatic carbocycles. The molecule has 1 aromatic heterocycles. The first-order valence-electron chi connectivity index (χ1n) is 9.79. The maximum absolute atomic E-state index is 13.0. The quantitative estimate of drug-likeness (QED) is 0.817. The highest BCUT2D eigenvalue weighted by molar-refractivity contribution is 5.91. The number of rotatable bonds is 5. The van der Waals surface area contributed by atoms with Gasteiger partial charge in [0, 0.05) is 43.5 Å². The van der Waals surface area contributed by atoms with Crippen LogP contribution in [0.15, 0.2) is 0 Å². The van der Waals surface area contributed by atoms with Crippen molar-refractivity contribution in [1.82, 2.24) is 20.2 Å². The number of hydrogen-bond acceptors (Lipinski definition) is 6. The lowest BCUT2D eigenvalue weighted by Gasteiger charge is -2.32. The number of nitrogens with zero attached hydrogens (tertiary/aromatic N) is 4. The molecule has 3 N–H and O–H groups in total. The van der Waals surface area contributed by atoms with E-state index in [4.69, 9.17) is 5.73 Å². The van der Waals surface area contributed by atoms with E-state index in [1.807, 2.05) is 25.8 Å². The lowest BCUT2D eigenvalue weighted by Crippen LogP contribution is -2.40. The van der Waals surface area contributed by atoms with E-state index in [9.17, 15) is 4.79 Å². The summed E-state index contributed by atoms with van der Waals surface area (Å²) in [7, 11) is 1.99. The van der Waals surface area contributed by atoms with Gasteiger partial charge in [0.25, 0.3) is 5.91 Å². The first-order chi connectivity index (χ1) is 12.5. The predicted octanol–water partition coefficient (Wildman–Crippen LogP) is 1.09. The zero-order chi connectivity index (χ0) is 18.7. The predicted molar refractivity (Wildman–Crippen MR) is 103 cm³/mol. The van der Waals surface area contributed by atoms with Crippen LogP contribution in [0.2, 0.25) is 0 Å². The summed E-state index contributed by atoms with van der Waals surface area (Å²) in [5.41, 5.74) is 7.97. The maximum Gasteiger partial charge on any atom is 0.291 e. The molecule has 1 aromatic rings. The van der Waals surface area contributed by atoms with Gasteiger partial charge in [-0.3, -0.25) is 4.79 Å². The molecule has 3 heterocycles. The highest BCUT2D eigenvalue weighted by Gasteiger charge is 2.28.